The summed E-state index contributed by atoms with van der Waals surface area (Å²) in [5.74, 6) is -0.139. The second kappa shape index (κ2) is 7.21. The summed E-state index contributed by atoms with van der Waals surface area (Å²) in [4.78, 5) is 3.75. The van der Waals surface area contributed by atoms with Crippen LogP contribution >= 0.6 is 0 Å². The lowest BCUT2D eigenvalue weighted by molar-refractivity contribution is 0.554. The number of rotatable bonds is 9. The molecular formula is C8H20N2O4S2. The number of hydrazine groups is 1. The summed E-state index contributed by atoms with van der Waals surface area (Å²) < 4.78 is 45.1. The summed E-state index contributed by atoms with van der Waals surface area (Å²) in [6, 6.07) is 0. The van der Waals surface area contributed by atoms with Crippen LogP contribution in [0.1, 0.15) is 39.5 Å². The molecule has 0 bridgehead atoms. The minimum absolute atomic E-state index is 0.0696. The number of hydrogen-bond donors (Lipinski definition) is 2. The number of sulfonamides is 2. The smallest absolute Gasteiger partial charge is 0.211 e. The molecule has 0 aliphatic heterocycles. The van der Waals surface area contributed by atoms with Gasteiger partial charge in [-0.25, -0.2) is 16.8 Å². The van der Waals surface area contributed by atoms with Crippen molar-refractivity contribution in [1.29, 1.82) is 0 Å². The molecule has 98 valence electrons. The largest absolute Gasteiger partial charge is 0.225 e. The Morgan fingerprint density at radius 3 is 1.31 bits per heavy atom. The van der Waals surface area contributed by atoms with Gasteiger partial charge in [-0.1, -0.05) is 26.7 Å². The maximum atomic E-state index is 11.3. The van der Waals surface area contributed by atoms with Gasteiger partial charge in [0, 0.05) is 0 Å². The van der Waals surface area contributed by atoms with E-state index in [4.69, 9.17) is 0 Å². The van der Waals surface area contributed by atoms with E-state index in [9.17, 15) is 16.8 Å². The van der Waals surface area contributed by atoms with E-state index in [1.807, 2.05) is 23.5 Å². The fourth-order valence-electron chi connectivity index (χ4n) is 0.898. The van der Waals surface area contributed by atoms with Crippen molar-refractivity contribution in [2.75, 3.05) is 11.5 Å². The third-order valence-corrected chi connectivity index (χ3v) is 4.49. The molecule has 0 saturated carbocycles. The van der Waals surface area contributed by atoms with E-state index in [0.717, 1.165) is 12.8 Å². The van der Waals surface area contributed by atoms with E-state index in [2.05, 4.69) is 0 Å². The van der Waals surface area contributed by atoms with E-state index >= 15 is 0 Å². The number of nitrogens with one attached hydrogen (secondary N) is 2. The van der Waals surface area contributed by atoms with Crippen LogP contribution in [0.15, 0.2) is 0 Å². The van der Waals surface area contributed by atoms with Gasteiger partial charge in [0.1, 0.15) is 0 Å². The van der Waals surface area contributed by atoms with Gasteiger partial charge in [-0.05, 0) is 12.8 Å². The highest BCUT2D eigenvalue weighted by Crippen LogP contribution is 1.95. The first-order valence-electron chi connectivity index (χ1n) is 5.32. The number of unbranched alkanes of at least 4 members (excludes halogenated alkanes) is 2. The molecule has 0 amide bonds. The Bertz CT molecular complexity index is 337. The van der Waals surface area contributed by atoms with Gasteiger partial charge in [-0.3, -0.25) is 0 Å². The summed E-state index contributed by atoms with van der Waals surface area (Å²) in [5, 5.41) is 0. The summed E-state index contributed by atoms with van der Waals surface area (Å²) >= 11 is 0. The first-order valence-corrected chi connectivity index (χ1v) is 8.62. The normalized spacial score (nSPS) is 12.9. The van der Waals surface area contributed by atoms with Crippen molar-refractivity contribution in [3.8, 4) is 0 Å². The molecule has 0 aromatic heterocycles. The van der Waals surface area contributed by atoms with Crippen LogP contribution in [0, 0.1) is 0 Å². The van der Waals surface area contributed by atoms with Gasteiger partial charge in [0.25, 0.3) is 0 Å². The molecule has 0 aromatic rings. The molecule has 2 N–H and O–H groups in total. The lowest BCUT2D eigenvalue weighted by Crippen LogP contribution is -2.43. The van der Waals surface area contributed by atoms with Crippen molar-refractivity contribution in [3.05, 3.63) is 0 Å². The van der Waals surface area contributed by atoms with Crippen molar-refractivity contribution in [2.24, 2.45) is 0 Å². The van der Waals surface area contributed by atoms with Crippen LogP contribution in [0.5, 0.6) is 0 Å². The van der Waals surface area contributed by atoms with Gasteiger partial charge in [-0.2, -0.15) is 0 Å². The predicted octanol–water partition coefficient (Wildman–Crippen LogP) is 0.340. The number of hydrogen-bond acceptors (Lipinski definition) is 4. The third-order valence-electron chi connectivity index (χ3n) is 1.89. The zero-order chi connectivity index (χ0) is 12.7. The highest BCUT2D eigenvalue weighted by molar-refractivity contribution is 7.92. The molecule has 0 atom stereocenters. The van der Waals surface area contributed by atoms with E-state index in [1.165, 1.54) is 0 Å². The van der Waals surface area contributed by atoms with Gasteiger partial charge in [0.2, 0.25) is 20.0 Å². The molecule has 0 aliphatic carbocycles. The van der Waals surface area contributed by atoms with Crippen molar-refractivity contribution >= 4 is 20.0 Å². The van der Waals surface area contributed by atoms with Gasteiger partial charge >= 0.3 is 0 Å². The standard InChI is InChI=1S/C8H20N2O4S2/c1-3-5-7-15(11,12)9-10-16(13,14)8-6-4-2/h9-10H,3-8H2,1-2H3. The minimum atomic E-state index is -3.54. The Labute approximate surface area is 97.9 Å². The molecule has 0 radical (unpaired) electrons. The van der Waals surface area contributed by atoms with Crippen LogP contribution in [0.4, 0.5) is 0 Å². The zero-order valence-electron chi connectivity index (χ0n) is 9.69. The molecule has 0 aliphatic rings. The SMILES string of the molecule is CCCCS(=O)(=O)NNS(=O)(=O)CCCC. The van der Waals surface area contributed by atoms with Crippen molar-refractivity contribution in [2.45, 2.75) is 39.5 Å². The topological polar surface area (TPSA) is 92.3 Å². The lowest BCUT2D eigenvalue weighted by atomic mass is 10.4. The minimum Gasteiger partial charge on any atom is -0.211 e. The molecule has 0 fully saturated rings. The molecule has 0 saturated heterocycles. The van der Waals surface area contributed by atoms with E-state index < -0.39 is 20.0 Å². The van der Waals surface area contributed by atoms with Crippen LogP contribution in [0.3, 0.4) is 0 Å². The van der Waals surface area contributed by atoms with Crippen LogP contribution in [0.2, 0.25) is 0 Å². The Morgan fingerprint density at radius 2 is 1.06 bits per heavy atom. The average molecular weight is 272 g/mol. The van der Waals surface area contributed by atoms with E-state index in [-0.39, 0.29) is 11.5 Å². The van der Waals surface area contributed by atoms with Crippen LogP contribution in [-0.4, -0.2) is 28.3 Å². The fraction of sp³-hybridized carbons (Fsp3) is 1.00. The van der Waals surface area contributed by atoms with Crippen LogP contribution < -0.4 is 9.66 Å². The van der Waals surface area contributed by atoms with E-state index in [0.29, 0.717) is 12.8 Å². The summed E-state index contributed by atoms with van der Waals surface area (Å²) in [5.41, 5.74) is 0. The van der Waals surface area contributed by atoms with Gasteiger partial charge in [-0.15, -0.1) is 9.66 Å². The molecule has 0 heterocycles. The Balaban J connectivity index is 4.13. The molecule has 8 heteroatoms. The molecule has 0 unspecified atom stereocenters. The second-order valence-corrected chi connectivity index (χ2v) is 7.23. The molecular weight excluding hydrogens is 252 g/mol. The van der Waals surface area contributed by atoms with Crippen molar-refractivity contribution < 1.29 is 16.8 Å². The fourth-order valence-corrected chi connectivity index (χ4v) is 3.46. The monoisotopic (exact) mass is 272 g/mol. The third kappa shape index (κ3) is 8.03. The Hall–Kier alpha value is -0.180. The Morgan fingerprint density at radius 1 is 0.750 bits per heavy atom. The van der Waals surface area contributed by atoms with Gasteiger partial charge in [0.05, 0.1) is 11.5 Å². The maximum Gasteiger partial charge on any atom is 0.225 e. The first kappa shape index (κ1) is 15.8. The predicted molar refractivity (Wildman–Crippen MR) is 63.7 cm³/mol. The summed E-state index contributed by atoms with van der Waals surface area (Å²) in [6.45, 7) is 3.72. The van der Waals surface area contributed by atoms with E-state index in [1.54, 1.807) is 0 Å². The molecule has 6 nitrogen and oxygen atoms in total. The summed E-state index contributed by atoms with van der Waals surface area (Å²) in [6.07, 6.45) is 2.49. The Kier molecular flexibility index (Phi) is 7.12. The summed E-state index contributed by atoms with van der Waals surface area (Å²) in [7, 11) is -7.08. The molecule has 0 spiro atoms. The van der Waals surface area contributed by atoms with Gasteiger partial charge in [0.15, 0.2) is 0 Å². The molecule has 0 aromatic carbocycles. The van der Waals surface area contributed by atoms with Gasteiger partial charge < -0.3 is 0 Å². The molecule has 0 rings (SSSR count). The van der Waals surface area contributed by atoms with Crippen molar-refractivity contribution in [1.82, 2.24) is 9.66 Å². The zero-order valence-corrected chi connectivity index (χ0v) is 11.3. The highest BCUT2D eigenvalue weighted by Gasteiger charge is 2.14. The maximum absolute atomic E-state index is 11.3. The quantitative estimate of drug-likeness (QED) is 0.592. The van der Waals surface area contributed by atoms with Crippen LogP contribution in [0.25, 0.3) is 0 Å². The lowest BCUT2D eigenvalue weighted by Gasteiger charge is -2.08. The second-order valence-electron chi connectivity index (χ2n) is 3.55. The molecule has 16 heavy (non-hydrogen) atoms. The van der Waals surface area contributed by atoms with Crippen molar-refractivity contribution in [3.63, 3.8) is 0 Å². The average Bonchev–Trinajstić information content (AvgIpc) is 2.22. The highest BCUT2D eigenvalue weighted by atomic mass is 32.2. The van der Waals surface area contributed by atoms with Crippen LogP contribution in [-0.2, 0) is 20.0 Å². The first-order chi connectivity index (χ1) is 7.33.